The molecule has 7 nitrogen and oxygen atoms in total. The van der Waals surface area contributed by atoms with Crippen molar-refractivity contribution in [3.8, 4) is 0 Å². The van der Waals surface area contributed by atoms with Crippen molar-refractivity contribution in [3.05, 3.63) is 95.6 Å². The monoisotopic (exact) mass is 407 g/mol. The Morgan fingerprint density at radius 1 is 0.846 bits per heavy atom. The molecule has 2 aromatic carbocycles. The summed E-state index contributed by atoms with van der Waals surface area (Å²) in [6.45, 7) is 0. The Morgan fingerprint density at radius 2 is 1.38 bits per heavy atom. The summed E-state index contributed by atoms with van der Waals surface area (Å²) in [5.41, 5.74) is 1.07. The zero-order valence-corrected chi connectivity index (χ0v) is 14.8. The first-order valence-corrected chi connectivity index (χ1v) is 6.47. The first kappa shape index (κ1) is 31.2. The minimum atomic E-state index is -1.04. The summed E-state index contributed by atoms with van der Waals surface area (Å²) in [4.78, 5) is 10.9. The van der Waals surface area contributed by atoms with E-state index in [0.29, 0.717) is 11.1 Å². The van der Waals surface area contributed by atoms with E-state index >= 15 is 0 Å². The van der Waals surface area contributed by atoms with Gasteiger partial charge in [-0.1, -0.05) is 42.5 Å². The van der Waals surface area contributed by atoms with Gasteiger partial charge in [0.2, 0.25) is 0 Å². The van der Waals surface area contributed by atoms with Crippen LogP contribution < -0.4 is 0 Å². The second-order valence-electron chi connectivity index (χ2n) is 4.34. The second-order valence-corrected chi connectivity index (χ2v) is 4.34. The quantitative estimate of drug-likeness (QED) is 0.421. The molecule has 2 aromatic rings. The molecule has 0 aliphatic heterocycles. The molecular weight excluding hydrogens is 384 g/mol. The second kappa shape index (κ2) is 15.9. The molecule has 1 aliphatic carbocycles. The van der Waals surface area contributed by atoms with Crippen LogP contribution in [0.25, 0.3) is 5.76 Å². The van der Waals surface area contributed by atoms with Gasteiger partial charge in [0, 0.05) is 28.2 Å². The van der Waals surface area contributed by atoms with Crippen LogP contribution in [0.4, 0.5) is 0 Å². The van der Waals surface area contributed by atoms with E-state index in [1.165, 1.54) is 6.08 Å². The van der Waals surface area contributed by atoms with Crippen LogP contribution in [0.3, 0.4) is 0 Å². The van der Waals surface area contributed by atoms with Crippen molar-refractivity contribution in [3.63, 3.8) is 0 Å². The molecule has 3 rings (SSSR count). The number of hydrogen-bond donors (Lipinski definition) is 2. The van der Waals surface area contributed by atoms with Gasteiger partial charge < -0.3 is 32.1 Å². The van der Waals surface area contributed by atoms with Crippen LogP contribution in [0.5, 0.6) is 0 Å². The fourth-order valence-electron chi connectivity index (χ4n) is 1.89. The number of carboxylic acid groups (broad SMARTS) is 1. The molecule has 10 N–H and O–H groups in total. The summed E-state index contributed by atoms with van der Waals surface area (Å²) in [7, 11) is 0. The maximum atomic E-state index is 10.9. The van der Waals surface area contributed by atoms with E-state index in [-0.39, 0.29) is 50.3 Å². The van der Waals surface area contributed by atoms with Crippen LogP contribution in [0, 0.1) is 0 Å². The summed E-state index contributed by atoms with van der Waals surface area (Å²) < 4.78 is 0. The Kier molecular flexibility index (Phi) is 19.1. The van der Waals surface area contributed by atoms with Gasteiger partial charge in [-0.15, -0.1) is 0 Å². The molecule has 8 heteroatoms. The molecule has 0 atom stereocenters. The summed E-state index contributed by atoms with van der Waals surface area (Å²) in [6, 6.07) is 18.9. The fraction of sp³-hybridized carbons (Fsp3) is 0. The molecular formula is C18H23FeO7-. The van der Waals surface area contributed by atoms with Crippen molar-refractivity contribution >= 4 is 11.7 Å². The van der Waals surface area contributed by atoms with E-state index in [4.69, 9.17) is 5.11 Å². The molecule has 0 radical (unpaired) electrons. The van der Waals surface area contributed by atoms with Gasteiger partial charge in [0.1, 0.15) is 5.76 Å². The Morgan fingerprint density at radius 3 is 1.81 bits per heavy atom. The Hall–Kier alpha value is -2.58. The molecule has 0 saturated heterocycles. The average Bonchev–Trinajstić information content (AvgIpc) is 3.21. The maximum absolute atomic E-state index is 10.9. The van der Waals surface area contributed by atoms with Gasteiger partial charge in [0.15, 0.2) is 0 Å². The van der Waals surface area contributed by atoms with E-state index < -0.39 is 5.97 Å². The fourth-order valence-corrected chi connectivity index (χ4v) is 1.89. The molecule has 0 unspecified atom stereocenters. The Balaban J connectivity index is -0.000000213. The molecule has 26 heavy (non-hydrogen) atoms. The molecule has 0 amide bonds. The maximum Gasteiger partial charge on any atom is 0.336 e. The molecule has 0 aromatic heterocycles. The van der Waals surface area contributed by atoms with Gasteiger partial charge in [-0.25, -0.2) is 16.9 Å². The van der Waals surface area contributed by atoms with Gasteiger partial charge in [-0.05, 0) is 6.08 Å². The van der Waals surface area contributed by atoms with Crippen LogP contribution in [-0.4, -0.2) is 38.1 Å². The van der Waals surface area contributed by atoms with E-state index in [1.807, 2.05) is 36.4 Å². The first-order chi connectivity index (χ1) is 10.2. The smallest absolute Gasteiger partial charge is 0.336 e. The number of aliphatic hydroxyl groups excluding tert-OH is 1. The molecule has 0 heterocycles. The van der Waals surface area contributed by atoms with Crippen LogP contribution in [-0.2, 0) is 21.9 Å². The van der Waals surface area contributed by atoms with Gasteiger partial charge in [-0.2, -0.15) is 18.2 Å². The normalized spacial score (nSPS) is 12.1. The minimum absolute atomic E-state index is 0. The van der Waals surface area contributed by atoms with Crippen LogP contribution in [0.1, 0.15) is 5.56 Å². The van der Waals surface area contributed by atoms with E-state index in [0.717, 1.165) is 0 Å². The molecule has 0 fully saturated rings. The van der Waals surface area contributed by atoms with Crippen molar-refractivity contribution in [2.75, 3.05) is 0 Å². The predicted octanol–water partition coefficient (Wildman–Crippen LogP) is 0.641. The predicted molar refractivity (Wildman–Crippen MR) is 97.3 cm³/mol. The number of carbonyl (C=O) groups is 1. The summed E-state index contributed by atoms with van der Waals surface area (Å²) >= 11 is 0. The number of aliphatic hydroxyl groups is 1. The summed E-state index contributed by atoms with van der Waals surface area (Å²) in [5.74, 6) is -1.05. The Bertz CT molecular complexity index is 672. The van der Waals surface area contributed by atoms with Gasteiger partial charge in [-0.3, -0.25) is 0 Å². The van der Waals surface area contributed by atoms with Crippen molar-refractivity contribution in [1.29, 1.82) is 0 Å². The van der Waals surface area contributed by atoms with Gasteiger partial charge in [0.25, 0.3) is 0 Å². The van der Waals surface area contributed by atoms with Gasteiger partial charge in [0.05, 0.1) is 5.57 Å². The Labute approximate surface area is 161 Å². The molecule has 146 valence electrons. The topological polar surface area (TPSA) is 184 Å². The van der Waals surface area contributed by atoms with E-state index in [1.54, 1.807) is 36.4 Å². The summed E-state index contributed by atoms with van der Waals surface area (Å²) in [5, 5.41) is 18.9. The average molecular weight is 407 g/mol. The number of allylic oxidation sites excluding steroid dienone is 3. The molecule has 0 spiro atoms. The number of aliphatic carboxylic acids is 1. The zero-order valence-electron chi connectivity index (χ0n) is 13.7. The third kappa shape index (κ3) is 8.50. The van der Waals surface area contributed by atoms with Crippen molar-refractivity contribution < 1.29 is 54.0 Å². The number of hydrogen-bond acceptors (Lipinski definition) is 2. The third-order valence-corrected chi connectivity index (χ3v) is 2.90. The SMILES string of the molecule is O.O.O.O.O=C(O)C1=CC=C/C1=C(/O)c1ccccc1.[Fe].c1cc[cH-]c1. The minimum Gasteiger partial charge on any atom is -0.507 e. The van der Waals surface area contributed by atoms with E-state index in [9.17, 15) is 9.90 Å². The molecule has 1 aliphatic rings. The molecule has 0 bridgehead atoms. The largest absolute Gasteiger partial charge is 0.507 e. The van der Waals surface area contributed by atoms with Gasteiger partial charge >= 0.3 is 5.97 Å². The van der Waals surface area contributed by atoms with E-state index in [2.05, 4.69) is 0 Å². The number of benzene rings is 1. The van der Waals surface area contributed by atoms with Crippen molar-refractivity contribution in [2.24, 2.45) is 0 Å². The zero-order chi connectivity index (χ0) is 15.1. The number of carboxylic acids is 1. The molecule has 0 saturated carbocycles. The summed E-state index contributed by atoms with van der Waals surface area (Å²) in [6.07, 6.45) is 4.67. The van der Waals surface area contributed by atoms with Crippen molar-refractivity contribution in [1.82, 2.24) is 0 Å². The van der Waals surface area contributed by atoms with Crippen LogP contribution in [0.15, 0.2) is 90.0 Å². The number of rotatable bonds is 2. The first-order valence-electron chi connectivity index (χ1n) is 6.47. The van der Waals surface area contributed by atoms with Crippen molar-refractivity contribution in [2.45, 2.75) is 0 Å². The van der Waals surface area contributed by atoms with Crippen LogP contribution >= 0.6 is 0 Å². The van der Waals surface area contributed by atoms with Crippen LogP contribution in [0.2, 0.25) is 0 Å². The third-order valence-electron chi connectivity index (χ3n) is 2.90. The standard InChI is InChI=1S/C13H10O3.C5H5.Fe.4H2O/c14-12(9-5-2-1-3-6-9)10-7-4-8-11(10)13(15)16;1-2-4-5-3-1;;;;;/h1-8,14H,(H,15,16);1-5H;;4*1H2/q;-1;;;;;/b12-10-;;;;;;.